The molecule has 0 saturated carbocycles. The highest BCUT2D eigenvalue weighted by Gasteiger charge is 2.48. The van der Waals surface area contributed by atoms with Crippen molar-refractivity contribution >= 4 is 27.9 Å². The van der Waals surface area contributed by atoms with E-state index < -0.39 is 23.8 Å². The number of amides is 1. The lowest BCUT2D eigenvalue weighted by Crippen LogP contribution is -2.79. The molecule has 1 aliphatic rings. The van der Waals surface area contributed by atoms with Crippen molar-refractivity contribution in [2.75, 3.05) is 26.4 Å². The van der Waals surface area contributed by atoms with Crippen molar-refractivity contribution in [2.45, 2.75) is 19.2 Å². The van der Waals surface area contributed by atoms with E-state index in [0.717, 1.165) is 0 Å². The molecule has 1 amide bonds. The zero-order valence-corrected chi connectivity index (χ0v) is 15.9. The Balaban J connectivity index is 2.08. The average Bonchev–Trinajstić information content (AvgIpc) is 2.58. The maximum Gasteiger partial charge on any atom is 0.429 e. The van der Waals surface area contributed by atoms with Gasteiger partial charge in [-0.05, 0) is 30.7 Å². The predicted molar refractivity (Wildman–Crippen MR) is 90.8 cm³/mol. The monoisotopic (exact) mass is 455 g/mol. The number of rotatable bonds is 8. The van der Waals surface area contributed by atoms with E-state index in [1.807, 2.05) is 0 Å². The van der Waals surface area contributed by atoms with Crippen LogP contribution in [0.3, 0.4) is 0 Å². The largest absolute Gasteiger partial charge is 0.475 e. The minimum atomic E-state index is -4.74. The molecule has 1 aromatic carbocycles. The number of carbonyl (C=O) groups is 1. The van der Waals surface area contributed by atoms with Gasteiger partial charge in [0.25, 0.3) is 5.91 Å². The van der Waals surface area contributed by atoms with Crippen LogP contribution < -0.4 is 15.7 Å². The molecule has 1 aliphatic heterocycles. The smallest absolute Gasteiger partial charge is 0.429 e. The molecule has 0 saturated heterocycles. The van der Waals surface area contributed by atoms with E-state index in [2.05, 4.69) is 26.1 Å². The molecule has 0 aromatic heterocycles. The fraction of sp³-hybridized carbons (Fsp3) is 0.438. The Hall–Kier alpha value is -1.66. The molecule has 1 atom stereocenters. The van der Waals surface area contributed by atoms with Crippen LogP contribution in [0.15, 0.2) is 22.2 Å². The Morgan fingerprint density at radius 2 is 2.11 bits per heavy atom. The molecule has 4 N–H and O–H groups in total. The van der Waals surface area contributed by atoms with Gasteiger partial charge in [-0.25, -0.2) is 0 Å². The van der Waals surface area contributed by atoms with Crippen LogP contribution in [-0.2, 0) is 14.4 Å². The zero-order valence-electron chi connectivity index (χ0n) is 14.3. The van der Waals surface area contributed by atoms with Gasteiger partial charge in [0.15, 0.2) is 0 Å². The molecule has 0 radical (unpaired) electrons. The second-order valence-corrected chi connectivity index (χ2v) is 6.54. The van der Waals surface area contributed by atoms with Crippen molar-refractivity contribution in [3.63, 3.8) is 0 Å². The maximum atomic E-state index is 13.4. The molecule has 1 unspecified atom stereocenters. The van der Waals surface area contributed by atoms with Crippen LogP contribution in [0.1, 0.15) is 11.1 Å². The highest BCUT2D eigenvalue weighted by molar-refractivity contribution is 9.10. The molecule has 0 spiro atoms. The minimum Gasteiger partial charge on any atom is -0.475 e. The summed E-state index contributed by atoms with van der Waals surface area (Å²) in [5, 5.41) is 10.7. The fourth-order valence-corrected chi connectivity index (χ4v) is 3.07. The summed E-state index contributed by atoms with van der Waals surface area (Å²) in [6, 6.07) is 3.23. The number of alkyl halides is 3. The highest BCUT2D eigenvalue weighted by atomic mass is 79.9. The van der Waals surface area contributed by atoms with E-state index in [1.54, 1.807) is 19.1 Å². The molecule has 150 valence electrons. The number of nitrogens with two attached hydrogens (primary N) is 1. The lowest BCUT2D eigenvalue weighted by atomic mass is 9.98. The van der Waals surface area contributed by atoms with Crippen LogP contribution in [0.2, 0.25) is 0 Å². The second-order valence-electron chi connectivity index (χ2n) is 5.62. The summed E-state index contributed by atoms with van der Waals surface area (Å²) in [6.07, 6.45) is -5.90. The maximum absolute atomic E-state index is 13.4. The van der Waals surface area contributed by atoms with Gasteiger partial charge in [-0.15, -0.1) is 0 Å². The van der Waals surface area contributed by atoms with Crippen molar-refractivity contribution in [3.8, 4) is 5.75 Å². The molecule has 1 aromatic rings. The standard InChI is InChI=1S/C16H18BrF3N2O5/c1-9-6-11(17)7-10-8-12(14(16(18,19)20)27-13(9)10)15(23)21-2-3-25-4-5-26-22-24/h6-8,14,24H,2-5,22H2,1H3/p+1. The molecule has 0 aliphatic carbocycles. The molecular weight excluding hydrogens is 437 g/mol. The Morgan fingerprint density at radius 1 is 1.37 bits per heavy atom. The topological polar surface area (TPSA) is 93.6 Å². The van der Waals surface area contributed by atoms with Crippen LogP contribution >= 0.6 is 15.9 Å². The van der Waals surface area contributed by atoms with Crippen LogP contribution in [0.4, 0.5) is 13.2 Å². The van der Waals surface area contributed by atoms with Gasteiger partial charge in [-0.1, -0.05) is 21.6 Å². The zero-order chi connectivity index (χ0) is 20.0. The third-order valence-electron chi connectivity index (χ3n) is 3.61. The SMILES string of the molecule is Cc1cc(Br)cc2c1OC(C(F)(F)F)C(C(=O)NCCOCCO[NH2+]O)=C2. The quantitative estimate of drug-likeness (QED) is 0.407. The highest BCUT2D eigenvalue weighted by Crippen LogP contribution is 2.40. The lowest BCUT2D eigenvalue weighted by Gasteiger charge is -2.29. The lowest BCUT2D eigenvalue weighted by molar-refractivity contribution is -1.06. The molecule has 7 nitrogen and oxygen atoms in total. The van der Waals surface area contributed by atoms with Gasteiger partial charge in [0, 0.05) is 16.6 Å². The molecule has 11 heteroatoms. The Morgan fingerprint density at radius 3 is 2.78 bits per heavy atom. The van der Waals surface area contributed by atoms with Gasteiger partial charge in [0.05, 0.1) is 18.8 Å². The van der Waals surface area contributed by atoms with E-state index in [0.29, 0.717) is 21.2 Å². The van der Waals surface area contributed by atoms with Crippen molar-refractivity contribution in [1.29, 1.82) is 0 Å². The first-order valence-corrected chi connectivity index (χ1v) is 8.72. The Kier molecular flexibility index (Phi) is 7.62. The summed E-state index contributed by atoms with van der Waals surface area (Å²) < 4.78 is 51.1. The summed E-state index contributed by atoms with van der Waals surface area (Å²) >= 11 is 3.28. The van der Waals surface area contributed by atoms with E-state index in [1.165, 1.54) is 6.08 Å². The third-order valence-corrected chi connectivity index (χ3v) is 4.07. The number of fused-ring (bicyclic) bond motifs is 1. The Bertz CT molecular complexity index is 712. The second kappa shape index (κ2) is 9.51. The normalized spacial score (nSPS) is 16.4. The third kappa shape index (κ3) is 5.91. The van der Waals surface area contributed by atoms with Gasteiger partial charge < -0.3 is 14.8 Å². The van der Waals surface area contributed by atoms with E-state index in [4.69, 9.17) is 14.7 Å². The summed E-state index contributed by atoms with van der Waals surface area (Å²) in [7, 11) is 0. The van der Waals surface area contributed by atoms with E-state index in [9.17, 15) is 18.0 Å². The molecule has 0 bridgehead atoms. The number of halogens is 4. The Labute approximate surface area is 161 Å². The summed E-state index contributed by atoms with van der Waals surface area (Å²) in [5.74, 6) is -0.787. The first kappa shape index (κ1) is 21.6. The van der Waals surface area contributed by atoms with Crippen molar-refractivity contribution in [1.82, 2.24) is 5.32 Å². The first-order chi connectivity index (χ1) is 12.7. The summed E-state index contributed by atoms with van der Waals surface area (Å²) in [4.78, 5) is 16.8. The molecule has 0 fully saturated rings. The van der Waals surface area contributed by atoms with Crippen LogP contribution in [0.25, 0.3) is 6.08 Å². The fourth-order valence-electron chi connectivity index (χ4n) is 2.48. The van der Waals surface area contributed by atoms with E-state index in [-0.39, 0.29) is 32.1 Å². The predicted octanol–water partition coefficient (Wildman–Crippen LogP) is 1.48. The van der Waals surface area contributed by atoms with Crippen LogP contribution in [-0.4, -0.2) is 49.8 Å². The average molecular weight is 456 g/mol. The number of carbonyl (C=O) groups excluding carboxylic acids is 1. The van der Waals surface area contributed by atoms with Crippen LogP contribution in [0, 0.1) is 6.92 Å². The number of ether oxygens (including phenoxy) is 2. The van der Waals surface area contributed by atoms with Gasteiger partial charge in [-0.2, -0.15) is 23.2 Å². The number of hydrogen-bond acceptors (Lipinski definition) is 5. The van der Waals surface area contributed by atoms with Gasteiger partial charge >= 0.3 is 6.18 Å². The number of nitrogens with one attached hydrogen (secondary N) is 1. The number of benzene rings is 1. The van der Waals surface area contributed by atoms with Crippen molar-refractivity contribution < 1.29 is 43.1 Å². The number of aryl methyl sites for hydroxylation is 1. The number of quaternary nitrogens is 1. The molecule has 27 heavy (non-hydrogen) atoms. The summed E-state index contributed by atoms with van der Waals surface area (Å²) in [6.45, 7) is 1.99. The first-order valence-electron chi connectivity index (χ1n) is 7.92. The van der Waals surface area contributed by atoms with Crippen LogP contribution in [0.5, 0.6) is 5.75 Å². The van der Waals surface area contributed by atoms with Crippen molar-refractivity contribution in [3.05, 3.63) is 33.3 Å². The minimum absolute atomic E-state index is 0.00790. The van der Waals surface area contributed by atoms with Crippen molar-refractivity contribution in [2.24, 2.45) is 0 Å². The molecule has 1 heterocycles. The van der Waals surface area contributed by atoms with Gasteiger partial charge in [0.1, 0.15) is 12.4 Å². The van der Waals surface area contributed by atoms with Gasteiger partial charge in [0.2, 0.25) is 6.10 Å². The van der Waals surface area contributed by atoms with E-state index >= 15 is 0 Å². The molecular formula is C16H19BrF3N2O5+. The summed E-state index contributed by atoms with van der Waals surface area (Å²) in [5.41, 5.74) is 0.919. The number of hydrogen-bond donors (Lipinski definition) is 3. The van der Waals surface area contributed by atoms with Gasteiger partial charge in [-0.3, -0.25) is 4.79 Å². The molecule has 2 rings (SSSR count).